The summed E-state index contributed by atoms with van der Waals surface area (Å²) in [6, 6.07) is 19.5. The molecule has 0 N–H and O–H groups in total. The van der Waals surface area contributed by atoms with Gasteiger partial charge in [0.2, 0.25) is 0 Å². The van der Waals surface area contributed by atoms with E-state index in [0.29, 0.717) is 65.0 Å². The molecule has 3 atom stereocenters. The average Bonchev–Trinajstić information content (AvgIpc) is 3.39. The number of carbonyl (C=O) groups is 4. The topological polar surface area (TPSA) is 182 Å². The van der Waals surface area contributed by atoms with Gasteiger partial charge in [-0.1, -0.05) is 203 Å². The Bertz CT molecular complexity index is 1700. The van der Waals surface area contributed by atoms with Crippen molar-refractivity contribution in [1.29, 1.82) is 0 Å². The molecule has 0 heterocycles. The maximum Gasteiger partial charge on any atom is 1.00 e. The minimum atomic E-state index is -5.13. The standard InChI is InChI=1S/C58H95O14P.Na/c1-3-5-7-9-11-13-15-17-19-21-29-39-55(59)67-47-53(71-57(61)41-30-22-20-18-16-14-12-10-8-6-4-2)49-69-73(63,64)70-50-54(72-58(62)42-32-34-44-66-46-52-37-27-24-28-38-52)48-68-56(60)40-31-33-43-65-45-51-35-25-23-26-36-51;/h23-28,35-38,53-54H,3-22,29-34,39-50H2,1-2H3,(H,63,64);/q;+1/p-1/t53-,54?;/m1./s1. The molecule has 0 aliphatic heterocycles. The van der Waals surface area contributed by atoms with Gasteiger partial charge in [0.1, 0.15) is 13.2 Å². The third kappa shape index (κ3) is 42.5. The zero-order chi connectivity index (χ0) is 52.7. The molecule has 0 bridgehead atoms. The molecule has 0 aliphatic carbocycles. The van der Waals surface area contributed by atoms with Crippen molar-refractivity contribution in [2.75, 3.05) is 39.6 Å². The van der Waals surface area contributed by atoms with Crippen molar-refractivity contribution in [1.82, 2.24) is 0 Å². The van der Waals surface area contributed by atoms with Gasteiger partial charge in [-0.2, -0.15) is 0 Å². The molecule has 0 spiro atoms. The van der Waals surface area contributed by atoms with Gasteiger partial charge in [0.05, 0.1) is 26.4 Å². The monoisotopic (exact) mass is 1070 g/mol. The Morgan fingerprint density at radius 3 is 1.05 bits per heavy atom. The summed E-state index contributed by atoms with van der Waals surface area (Å²) in [5.41, 5.74) is 2.09. The van der Waals surface area contributed by atoms with E-state index in [1.807, 2.05) is 60.7 Å². The number of hydrogen-bond donors (Lipinski definition) is 0. The molecule has 16 heteroatoms. The molecule has 2 rings (SSSR count). The van der Waals surface area contributed by atoms with Crippen molar-refractivity contribution in [3.63, 3.8) is 0 Å². The van der Waals surface area contributed by atoms with Crippen molar-refractivity contribution in [3.05, 3.63) is 71.8 Å². The van der Waals surface area contributed by atoms with Crippen LogP contribution in [0.5, 0.6) is 0 Å². The quantitative estimate of drug-likeness (QED) is 0.0201. The number of benzene rings is 2. The van der Waals surface area contributed by atoms with Crippen molar-refractivity contribution >= 4 is 31.7 Å². The molecule has 416 valence electrons. The van der Waals surface area contributed by atoms with E-state index in [1.165, 1.54) is 89.9 Å². The van der Waals surface area contributed by atoms with Crippen molar-refractivity contribution in [3.8, 4) is 0 Å². The summed E-state index contributed by atoms with van der Waals surface area (Å²) in [6.07, 6.45) is 24.9. The predicted molar refractivity (Wildman–Crippen MR) is 283 cm³/mol. The summed E-state index contributed by atoms with van der Waals surface area (Å²) in [6.45, 7) is 4.00. The van der Waals surface area contributed by atoms with Crippen LogP contribution in [0.15, 0.2) is 60.7 Å². The van der Waals surface area contributed by atoms with E-state index in [0.717, 1.165) is 49.7 Å². The van der Waals surface area contributed by atoms with Crippen LogP contribution in [0.2, 0.25) is 0 Å². The van der Waals surface area contributed by atoms with Gasteiger partial charge in [-0.25, -0.2) is 0 Å². The van der Waals surface area contributed by atoms with Crippen molar-refractivity contribution in [2.45, 2.75) is 232 Å². The molecule has 0 fully saturated rings. The third-order valence-electron chi connectivity index (χ3n) is 12.3. The molecule has 74 heavy (non-hydrogen) atoms. The van der Waals surface area contributed by atoms with Gasteiger partial charge in [0.15, 0.2) is 12.2 Å². The first-order valence-electron chi connectivity index (χ1n) is 28.1. The average molecular weight is 1070 g/mol. The molecule has 0 saturated heterocycles. The van der Waals surface area contributed by atoms with Crippen LogP contribution in [0.1, 0.15) is 218 Å². The number of esters is 4. The second-order valence-electron chi connectivity index (χ2n) is 19.2. The van der Waals surface area contributed by atoms with E-state index in [-0.39, 0.29) is 55.2 Å². The fraction of sp³-hybridized carbons (Fsp3) is 0.724. The second kappa shape index (κ2) is 48.7. The molecular weight excluding hydrogens is 975 g/mol. The van der Waals surface area contributed by atoms with E-state index in [1.54, 1.807) is 0 Å². The Labute approximate surface area is 468 Å². The van der Waals surface area contributed by atoms with Crippen LogP contribution in [0.3, 0.4) is 0 Å². The third-order valence-corrected chi connectivity index (χ3v) is 13.3. The Morgan fingerprint density at radius 2 is 0.716 bits per heavy atom. The second-order valence-corrected chi connectivity index (χ2v) is 20.6. The molecule has 0 aliphatic rings. The first-order valence-corrected chi connectivity index (χ1v) is 29.6. The number of carbonyl (C=O) groups excluding carboxylic acids is 4. The van der Waals surface area contributed by atoms with Gasteiger partial charge in [0, 0.05) is 38.9 Å². The summed E-state index contributed by atoms with van der Waals surface area (Å²) in [4.78, 5) is 64.5. The van der Waals surface area contributed by atoms with E-state index in [9.17, 15) is 28.6 Å². The molecule has 0 aromatic heterocycles. The summed E-state index contributed by atoms with van der Waals surface area (Å²) in [7, 11) is -5.13. The van der Waals surface area contributed by atoms with Gasteiger partial charge in [-0.05, 0) is 49.7 Å². The Hall–Kier alpha value is -2.65. The maximum atomic E-state index is 13.2. The number of rotatable bonds is 50. The minimum absolute atomic E-state index is 0. The van der Waals surface area contributed by atoms with Crippen LogP contribution in [0.25, 0.3) is 0 Å². The van der Waals surface area contributed by atoms with Gasteiger partial charge < -0.3 is 42.4 Å². The van der Waals surface area contributed by atoms with Crippen LogP contribution < -0.4 is 34.5 Å². The summed E-state index contributed by atoms with van der Waals surface area (Å²) in [5.74, 6) is -2.22. The molecule has 0 saturated carbocycles. The van der Waals surface area contributed by atoms with Crippen LogP contribution >= 0.6 is 7.82 Å². The van der Waals surface area contributed by atoms with E-state index < -0.39 is 70.3 Å². The zero-order valence-corrected chi connectivity index (χ0v) is 48.9. The maximum absolute atomic E-state index is 13.2. The normalized spacial score (nSPS) is 12.8. The largest absolute Gasteiger partial charge is 1.00 e. The molecule has 0 radical (unpaired) electrons. The minimum Gasteiger partial charge on any atom is -0.756 e. The van der Waals surface area contributed by atoms with Gasteiger partial charge in [-0.15, -0.1) is 0 Å². The zero-order valence-electron chi connectivity index (χ0n) is 46.0. The molecule has 2 aromatic carbocycles. The molecule has 2 aromatic rings. The Balaban J connectivity index is 0.0000274. The number of phosphoric ester groups is 1. The van der Waals surface area contributed by atoms with Gasteiger partial charge >= 0.3 is 53.4 Å². The number of unbranched alkanes of at least 4 members (excludes halogenated alkanes) is 22. The molecular formula is C58H94NaO14P. The van der Waals surface area contributed by atoms with Gasteiger partial charge in [0.25, 0.3) is 7.82 Å². The number of hydrogen-bond acceptors (Lipinski definition) is 14. The van der Waals surface area contributed by atoms with Crippen LogP contribution in [-0.2, 0) is 74.4 Å². The van der Waals surface area contributed by atoms with E-state index in [2.05, 4.69) is 13.8 Å². The SMILES string of the molecule is CCCCCCCCCCCCCC(=O)OC[C@H](COP(=O)([O-])OCC(COC(=O)CCCCOCc1ccccc1)OC(=O)CCCCOCc1ccccc1)OC(=O)CCCCCCCCCCCCC.[Na+]. The van der Waals surface area contributed by atoms with E-state index >= 15 is 0 Å². The first-order chi connectivity index (χ1) is 35.6. The fourth-order valence-electron chi connectivity index (χ4n) is 7.97. The van der Waals surface area contributed by atoms with Crippen LogP contribution in [0.4, 0.5) is 0 Å². The summed E-state index contributed by atoms with van der Waals surface area (Å²) < 4.78 is 56.9. The predicted octanol–water partition coefficient (Wildman–Crippen LogP) is 10.6. The first kappa shape index (κ1) is 69.4. The van der Waals surface area contributed by atoms with Gasteiger partial charge in [-0.3, -0.25) is 23.7 Å². The Kier molecular flexibility index (Phi) is 45.7. The van der Waals surface area contributed by atoms with Crippen LogP contribution in [0, 0.1) is 0 Å². The molecule has 0 amide bonds. The fourth-order valence-corrected chi connectivity index (χ4v) is 8.74. The number of ether oxygens (including phenoxy) is 6. The molecule has 2 unspecified atom stereocenters. The smallest absolute Gasteiger partial charge is 0.756 e. The Morgan fingerprint density at radius 1 is 0.419 bits per heavy atom. The summed E-state index contributed by atoms with van der Waals surface area (Å²) in [5, 5.41) is 0. The molecule has 14 nitrogen and oxygen atoms in total. The van der Waals surface area contributed by atoms with Crippen molar-refractivity contribution in [2.24, 2.45) is 0 Å². The van der Waals surface area contributed by atoms with Crippen molar-refractivity contribution < 1.29 is 95.7 Å². The van der Waals surface area contributed by atoms with Crippen LogP contribution in [-0.4, -0.2) is 75.7 Å². The summed E-state index contributed by atoms with van der Waals surface area (Å²) >= 11 is 0. The van der Waals surface area contributed by atoms with E-state index in [4.69, 9.17) is 37.5 Å². The number of phosphoric acid groups is 1.